The Hall–Kier alpha value is 0.896. The Bertz CT molecular complexity index is 402. The van der Waals surface area contributed by atoms with Crippen LogP contribution in [0.3, 0.4) is 0 Å². The van der Waals surface area contributed by atoms with Crippen molar-refractivity contribution >= 4 is 17.9 Å². The third kappa shape index (κ3) is 7.46. The molecule has 1 aromatic rings. The van der Waals surface area contributed by atoms with Crippen LogP contribution in [0.25, 0.3) is 0 Å². The van der Waals surface area contributed by atoms with Gasteiger partial charge in [-0.3, -0.25) is 4.79 Å². The van der Waals surface area contributed by atoms with Gasteiger partial charge >= 0.3 is 51.4 Å². The Balaban J connectivity index is 0. The third-order valence-electron chi connectivity index (χ3n) is 2.74. The molecule has 0 aliphatic rings. The van der Waals surface area contributed by atoms with Crippen LogP contribution in [0.5, 0.6) is 0 Å². The van der Waals surface area contributed by atoms with E-state index in [0.717, 1.165) is 38.3 Å². The van der Waals surface area contributed by atoms with Gasteiger partial charge in [-0.2, -0.15) is 0 Å². The van der Waals surface area contributed by atoms with Crippen LogP contribution >= 0.6 is 12.2 Å². The van der Waals surface area contributed by atoms with Crippen molar-refractivity contribution in [1.82, 2.24) is 4.90 Å². The predicted octanol–water partition coefficient (Wildman–Crippen LogP) is -0.336. The molecule has 0 amide bonds. The van der Waals surface area contributed by atoms with E-state index in [1.165, 1.54) is 0 Å². The molecule has 0 aliphatic heterocycles. The molecule has 0 radical (unpaired) electrons. The van der Waals surface area contributed by atoms with Gasteiger partial charge in [0.05, 0.1) is 10.2 Å². The Kier molecular flexibility index (Phi) is 14.7. The van der Waals surface area contributed by atoms with Crippen molar-refractivity contribution in [2.75, 3.05) is 38.1 Å². The van der Waals surface area contributed by atoms with Gasteiger partial charge in [-0.05, 0) is 19.0 Å². The topological polar surface area (TPSA) is 23.6 Å². The molecule has 0 saturated heterocycles. The van der Waals surface area contributed by atoms with E-state index in [1.807, 2.05) is 25.8 Å². The average Bonchev–Trinajstić information content (AvgIpc) is 2.42. The molecule has 5 heteroatoms. The van der Waals surface area contributed by atoms with Gasteiger partial charge in [-0.15, -0.1) is 6.54 Å². The second-order valence-corrected chi connectivity index (χ2v) is 4.43. The Labute approximate surface area is 165 Å². The molecular formula is C14H25KN2OS. The molecule has 1 rings (SSSR count). The van der Waals surface area contributed by atoms with Gasteiger partial charge in [-0.25, -0.2) is 0 Å². The number of likely N-dealkylation sites (N-methyl/N-ethyl adjacent to an activating group) is 1. The largest absolute Gasteiger partial charge is 1.00 e. The van der Waals surface area contributed by atoms with Crippen molar-refractivity contribution in [3.05, 3.63) is 27.7 Å². The van der Waals surface area contributed by atoms with Gasteiger partial charge in [0.15, 0.2) is 0 Å². The molecule has 0 bridgehead atoms. The van der Waals surface area contributed by atoms with Crippen LogP contribution < -0.4 is 61.7 Å². The van der Waals surface area contributed by atoms with Crippen LogP contribution in [0.2, 0.25) is 0 Å². The van der Waals surface area contributed by atoms with E-state index in [2.05, 4.69) is 18.7 Å². The van der Waals surface area contributed by atoms with Crippen molar-refractivity contribution < 1.29 is 51.4 Å². The van der Waals surface area contributed by atoms with E-state index < -0.39 is 0 Å². The maximum Gasteiger partial charge on any atom is 1.00 e. The second-order valence-electron chi connectivity index (χ2n) is 3.99. The predicted molar refractivity (Wildman–Crippen MR) is 82.6 cm³/mol. The molecule has 0 aliphatic carbocycles. The van der Waals surface area contributed by atoms with Crippen molar-refractivity contribution in [3.63, 3.8) is 0 Å². The third-order valence-corrected chi connectivity index (χ3v) is 3.05. The molecule has 1 aromatic carbocycles. The van der Waals surface area contributed by atoms with Gasteiger partial charge in [0.2, 0.25) is 5.43 Å². The normalized spacial score (nSPS) is 9.79. The maximum atomic E-state index is 11.4. The van der Waals surface area contributed by atoms with Crippen LogP contribution in [0.15, 0.2) is 10.9 Å². The van der Waals surface area contributed by atoms with Crippen LogP contribution in [0, 0.1) is 11.4 Å². The molecule has 0 spiro atoms. The maximum absolute atomic E-state index is 11.4. The van der Waals surface area contributed by atoms with Crippen LogP contribution in [-0.4, -0.2) is 38.1 Å². The standard InChI is InChI=1S/C12H19N2OS.C2H6.K/c1-4-6-14(5-2)8-7-13(3)10-9-11(16)12(10)15;1-2;/h9H,2,4-8H2,1,3H3;1-2H3;/q-1;;+1. The van der Waals surface area contributed by atoms with E-state index in [0.29, 0.717) is 4.51 Å². The minimum Gasteiger partial charge on any atom is -0.370 e. The molecule has 0 N–H and O–H groups in total. The number of nitrogens with zero attached hydrogens (tertiary/aromatic N) is 2. The molecule has 0 heterocycles. The fraction of sp³-hybridized carbons (Fsp3) is 0.643. The second kappa shape index (κ2) is 12.6. The summed E-state index contributed by atoms with van der Waals surface area (Å²) in [6.07, 6.45) is 1.13. The van der Waals surface area contributed by atoms with Gasteiger partial charge in [-0.1, -0.05) is 33.0 Å². The van der Waals surface area contributed by atoms with Crippen molar-refractivity contribution in [3.8, 4) is 0 Å². The van der Waals surface area contributed by atoms with E-state index in [4.69, 9.17) is 12.2 Å². The number of rotatable bonds is 7. The number of hydrogen-bond acceptors (Lipinski definition) is 4. The van der Waals surface area contributed by atoms with E-state index in [-0.39, 0.29) is 56.8 Å². The zero-order valence-electron chi connectivity index (χ0n) is 13.0. The minimum absolute atomic E-state index is 0. The quantitative estimate of drug-likeness (QED) is 0.391. The minimum atomic E-state index is 0. The van der Waals surface area contributed by atoms with Gasteiger partial charge < -0.3 is 16.7 Å². The van der Waals surface area contributed by atoms with Gasteiger partial charge in [0.25, 0.3) is 0 Å². The average molecular weight is 309 g/mol. The Morgan fingerprint density at radius 1 is 1.26 bits per heavy atom. The zero-order chi connectivity index (χ0) is 14.1. The SMILES string of the molecule is CC.[CH2-]CN(CCC)CCN(C)c1cc(=S)c1=O.[K+]. The summed E-state index contributed by atoms with van der Waals surface area (Å²) in [6, 6.07) is 1.77. The summed E-state index contributed by atoms with van der Waals surface area (Å²) in [6.45, 7) is 13.7. The summed E-state index contributed by atoms with van der Waals surface area (Å²) in [7, 11) is 1.93. The first-order valence-electron chi connectivity index (χ1n) is 6.63. The van der Waals surface area contributed by atoms with E-state index >= 15 is 0 Å². The molecule has 0 saturated carbocycles. The van der Waals surface area contributed by atoms with Crippen molar-refractivity contribution in [2.45, 2.75) is 27.2 Å². The Morgan fingerprint density at radius 3 is 2.21 bits per heavy atom. The summed E-state index contributed by atoms with van der Waals surface area (Å²) >= 11 is 4.83. The van der Waals surface area contributed by atoms with Crippen LogP contribution in [-0.2, 0) is 0 Å². The van der Waals surface area contributed by atoms with Gasteiger partial charge in [0, 0.05) is 20.1 Å². The molecule has 0 fully saturated rings. The van der Waals surface area contributed by atoms with Crippen molar-refractivity contribution in [2.24, 2.45) is 0 Å². The molecule has 104 valence electrons. The van der Waals surface area contributed by atoms with Gasteiger partial charge in [0.1, 0.15) is 0 Å². The fourth-order valence-corrected chi connectivity index (χ4v) is 1.87. The van der Waals surface area contributed by atoms with E-state index in [9.17, 15) is 4.79 Å². The Morgan fingerprint density at radius 2 is 1.84 bits per heavy atom. The fourth-order valence-electron chi connectivity index (χ4n) is 1.65. The first-order chi connectivity index (χ1) is 8.60. The first-order valence-corrected chi connectivity index (χ1v) is 7.04. The summed E-state index contributed by atoms with van der Waals surface area (Å²) in [5.74, 6) is 0. The summed E-state index contributed by atoms with van der Waals surface area (Å²) < 4.78 is 0.449. The molecule has 3 nitrogen and oxygen atoms in total. The van der Waals surface area contributed by atoms with E-state index in [1.54, 1.807) is 6.07 Å². The number of anilines is 1. The number of hydrogen-bond donors (Lipinski definition) is 0. The summed E-state index contributed by atoms with van der Waals surface area (Å²) in [4.78, 5) is 15.6. The summed E-state index contributed by atoms with van der Waals surface area (Å²) in [5.41, 5.74) is 0.750. The van der Waals surface area contributed by atoms with Crippen LogP contribution in [0.4, 0.5) is 5.69 Å². The molecule has 0 atom stereocenters. The monoisotopic (exact) mass is 308 g/mol. The van der Waals surface area contributed by atoms with Crippen molar-refractivity contribution in [1.29, 1.82) is 0 Å². The molecule has 0 unspecified atom stereocenters. The smallest absolute Gasteiger partial charge is 0.370 e. The van der Waals surface area contributed by atoms with Crippen LogP contribution in [0.1, 0.15) is 27.2 Å². The molecular weight excluding hydrogens is 283 g/mol. The summed E-state index contributed by atoms with van der Waals surface area (Å²) in [5, 5.41) is 0. The molecule has 0 aromatic heterocycles. The first kappa shape index (κ1) is 22.2. The molecule has 19 heavy (non-hydrogen) atoms. The zero-order valence-corrected chi connectivity index (χ0v) is 17.0.